The fourth-order valence-corrected chi connectivity index (χ4v) is 4.56. The Morgan fingerprint density at radius 2 is 1.38 bits per heavy atom. The van der Waals surface area contributed by atoms with E-state index in [0.29, 0.717) is 5.92 Å². The smallest absolute Gasteiger partial charge is 0.366 e. The summed E-state index contributed by atoms with van der Waals surface area (Å²) in [5, 5.41) is 0. The highest BCUT2D eigenvalue weighted by molar-refractivity contribution is 5.84. The average Bonchev–Trinajstić information content (AvgIpc) is 3.07. The Kier molecular flexibility index (Phi) is 33.5. The molecule has 0 radical (unpaired) electrons. The summed E-state index contributed by atoms with van der Waals surface area (Å²) in [4.78, 5) is 17.6. The molecule has 7 heteroatoms. The Bertz CT molecular complexity index is 1060. The number of aldehydes is 1. The third kappa shape index (κ3) is 26.5. The normalized spacial score (nSPS) is 13.5. The van der Waals surface area contributed by atoms with Gasteiger partial charge in [0.15, 0.2) is 0 Å². The van der Waals surface area contributed by atoms with Crippen molar-refractivity contribution in [2.45, 2.75) is 126 Å². The largest absolute Gasteiger partial charge is 0.379 e. The van der Waals surface area contributed by atoms with Gasteiger partial charge in [0.05, 0.1) is 0 Å². The number of halogens is 4. The summed E-state index contributed by atoms with van der Waals surface area (Å²) in [5.74, 6) is 2.19. The predicted molar refractivity (Wildman–Crippen MR) is 197 cm³/mol. The highest BCUT2D eigenvalue weighted by atomic mass is 19.4. The van der Waals surface area contributed by atoms with Crippen molar-refractivity contribution in [2.24, 2.45) is 10.9 Å². The van der Waals surface area contributed by atoms with Crippen LogP contribution in [-0.2, 0) is 4.79 Å². The Labute approximate surface area is 285 Å². The molecular weight excluding hydrogens is 600 g/mol. The summed E-state index contributed by atoms with van der Waals surface area (Å²) < 4.78 is 41.8. The molecule has 1 saturated carbocycles. The van der Waals surface area contributed by atoms with Crippen LogP contribution in [0.1, 0.15) is 130 Å². The molecule has 1 aliphatic carbocycles. The highest BCUT2D eigenvalue weighted by Crippen LogP contribution is 2.24. The number of carbonyl (C=O) groups excluding carboxylic acids is 1. The van der Waals surface area contributed by atoms with Crippen molar-refractivity contribution in [2.75, 3.05) is 14.1 Å². The van der Waals surface area contributed by atoms with E-state index in [9.17, 15) is 22.4 Å². The van der Waals surface area contributed by atoms with E-state index in [1.165, 1.54) is 49.8 Å². The van der Waals surface area contributed by atoms with E-state index in [2.05, 4.69) is 51.4 Å². The Morgan fingerprint density at radius 3 is 1.72 bits per heavy atom. The number of amidine groups is 1. The minimum absolute atomic E-state index is 0.181. The molecule has 0 saturated heterocycles. The van der Waals surface area contributed by atoms with Gasteiger partial charge in [-0.25, -0.2) is 9.38 Å². The number of benzene rings is 2. The molecule has 0 aromatic heterocycles. The number of carbonyl (C=O) groups is 1. The zero-order chi connectivity index (χ0) is 36.6. The second-order valence-corrected chi connectivity index (χ2v) is 11.1. The molecule has 2 aromatic carbocycles. The van der Waals surface area contributed by atoms with Crippen LogP contribution in [0.4, 0.5) is 17.6 Å². The maximum atomic E-state index is 12.8. The molecule has 3 rings (SSSR count). The molecule has 47 heavy (non-hydrogen) atoms. The Morgan fingerprint density at radius 1 is 0.915 bits per heavy atom. The van der Waals surface area contributed by atoms with Crippen molar-refractivity contribution >= 4 is 12.1 Å². The number of alkyl halides is 3. The van der Waals surface area contributed by atoms with E-state index < -0.39 is 6.68 Å². The van der Waals surface area contributed by atoms with E-state index in [1.807, 2.05) is 77.0 Å². The van der Waals surface area contributed by atoms with Gasteiger partial charge < -0.3 is 4.90 Å². The van der Waals surface area contributed by atoms with Crippen LogP contribution in [0.5, 0.6) is 0 Å². The molecule has 268 valence electrons. The zero-order valence-corrected chi connectivity index (χ0v) is 31.0. The fourth-order valence-electron chi connectivity index (χ4n) is 4.56. The van der Waals surface area contributed by atoms with Crippen LogP contribution in [0.2, 0.25) is 0 Å². The minimum Gasteiger partial charge on any atom is -0.366 e. The summed E-state index contributed by atoms with van der Waals surface area (Å²) >= 11 is 0. The van der Waals surface area contributed by atoms with Gasteiger partial charge in [-0.05, 0) is 48.9 Å². The predicted octanol–water partition coefficient (Wildman–Crippen LogP) is 13.0. The number of allylic oxidation sites excluding steroid dienone is 3. The molecular formula is C40H64F4N2O. The van der Waals surface area contributed by atoms with Gasteiger partial charge >= 0.3 is 6.68 Å². The number of rotatable bonds is 8. The number of hydrogen-bond donors (Lipinski definition) is 0. The lowest BCUT2D eigenvalue weighted by Crippen LogP contribution is -2.21. The van der Waals surface area contributed by atoms with Gasteiger partial charge in [-0.1, -0.05) is 136 Å². The van der Waals surface area contributed by atoms with Crippen molar-refractivity contribution in [3.63, 3.8) is 0 Å². The molecule has 0 aliphatic heterocycles. The number of nitrogens with zero attached hydrogens (tertiary/aromatic N) is 2. The quantitative estimate of drug-likeness (QED) is 0.0702. The van der Waals surface area contributed by atoms with Crippen molar-refractivity contribution in [3.8, 4) is 0 Å². The minimum atomic E-state index is -3.67. The maximum Gasteiger partial charge on any atom is 0.379 e. The third-order valence-electron chi connectivity index (χ3n) is 7.03. The zero-order valence-electron chi connectivity index (χ0n) is 31.0. The van der Waals surface area contributed by atoms with Gasteiger partial charge in [0.2, 0.25) is 0 Å². The van der Waals surface area contributed by atoms with Crippen LogP contribution in [-0.4, -0.2) is 37.8 Å². The Hall–Kier alpha value is -3.22. The van der Waals surface area contributed by atoms with Crippen molar-refractivity contribution in [1.29, 1.82) is 0 Å². The lowest BCUT2D eigenvalue weighted by molar-refractivity contribution is -0.105. The van der Waals surface area contributed by atoms with Crippen LogP contribution in [0.15, 0.2) is 83.5 Å². The first-order valence-corrected chi connectivity index (χ1v) is 17.1. The first kappa shape index (κ1) is 48.2. The molecule has 2 aromatic rings. The molecule has 1 unspecified atom stereocenters. The second kappa shape index (κ2) is 32.7. The van der Waals surface area contributed by atoms with E-state index in [0.717, 1.165) is 60.6 Å². The van der Waals surface area contributed by atoms with Gasteiger partial charge in [-0.2, -0.15) is 13.2 Å². The van der Waals surface area contributed by atoms with Gasteiger partial charge in [0.1, 0.15) is 17.9 Å². The highest BCUT2D eigenvalue weighted by Gasteiger charge is 2.08. The van der Waals surface area contributed by atoms with Crippen LogP contribution in [0, 0.1) is 11.7 Å². The van der Waals surface area contributed by atoms with Crippen LogP contribution >= 0.6 is 0 Å². The van der Waals surface area contributed by atoms with Crippen LogP contribution < -0.4 is 0 Å². The summed E-state index contributed by atoms with van der Waals surface area (Å²) in [6.45, 7) is 16.3. The molecule has 3 nitrogen and oxygen atoms in total. The second-order valence-electron chi connectivity index (χ2n) is 11.1. The van der Waals surface area contributed by atoms with Crippen LogP contribution in [0.25, 0.3) is 0 Å². The molecule has 0 bridgehead atoms. The topological polar surface area (TPSA) is 32.7 Å². The first-order valence-electron chi connectivity index (χ1n) is 17.1. The first-order chi connectivity index (χ1) is 22.4. The molecule has 1 fully saturated rings. The van der Waals surface area contributed by atoms with Gasteiger partial charge in [-0.3, -0.25) is 4.79 Å². The summed E-state index contributed by atoms with van der Waals surface area (Å²) in [6, 6.07) is 16.9. The molecule has 1 aliphatic rings. The summed E-state index contributed by atoms with van der Waals surface area (Å²) in [7, 11) is 3.96. The van der Waals surface area contributed by atoms with E-state index in [-0.39, 0.29) is 5.82 Å². The molecule has 0 N–H and O–H groups in total. The van der Waals surface area contributed by atoms with Crippen molar-refractivity contribution in [1.82, 2.24) is 4.90 Å². The van der Waals surface area contributed by atoms with Gasteiger partial charge in [-0.15, -0.1) is 6.58 Å². The number of aliphatic imine (C=N–C) groups is 1. The van der Waals surface area contributed by atoms with Gasteiger partial charge in [0.25, 0.3) is 0 Å². The lowest BCUT2D eigenvalue weighted by Gasteiger charge is -2.15. The average molecular weight is 665 g/mol. The molecule has 0 heterocycles. The standard InChI is InChI=1S/C14H13F.C13H24N2O.C7H14.C3H6.C2H6.CHF3/c1-11(12-5-3-2-4-6-12)13-7-9-14(15)10-8-13;1-6-9-11(10-16)12(7-2)14-13(8-3)15(4)5;1-7-5-3-2-4-6-7;1-3-2;1-2;2-1(3)4/h2-11H,1H3;10H,6-9H2,1-5H3;7H,2-6H2,1H3;3H,1H2,2H3;1-2H3;1H/b;12-11-,14-13?;;;;. The number of hydrogen-bond acceptors (Lipinski definition) is 2. The Balaban J connectivity index is -0.000000570. The summed E-state index contributed by atoms with van der Waals surface area (Å²) in [6.07, 6.45) is 13.6. The van der Waals surface area contributed by atoms with Crippen LogP contribution in [0.3, 0.4) is 0 Å². The van der Waals surface area contributed by atoms with E-state index in [1.54, 1.807) is 6.08 Å². The van der Waals surface area contributed by atoms with Crippen molar-refractivity contribution < 1.29 is 22.4 Å². The van der Waals surface area contributed by atoms with Gasteiger partial charge in [0, 0.05) is 37.7 Å². The SMILES string of the molecule is C=CC.CC.CC(c1ccccc1)c1ccc(F)cc1.CC1CCCCC1.CCC/C(C=O)=C(\CC)N=C(CC)N(C)C.FC(F)F. The monoisotopic (exact) mass is 664 g/mol. The van der Waals surface area contributed by atoms with E-state index in [4.69, 9.17) is 0 Å². The molecule has 0 spiro atoms. The summed E-state index contributed by atoms with van der Waals surface area (Å²) in [5.41, 5.74) is 4.17. The maximum absolute atomic E-state index is 12.8. The van der Waals surface area contributed by atoms with Crippen molar-refractivity contribution in [3.05, 3.63) is 95.5 Å². The third-order valence-corrected chi connectivity index (χ3v) is 7.03. The fraction of sp³-hybridized carbons (Fsp3) is 0.550. The lowest BCUT2D eigenvalue weighted by atomic mass is 9.91. The molecule has 0 amide bonds. The molecule has 1 atom stereocenters. The van der Waals surface area contributed by atoms with E-state index >= 15 is 0 Å².